The van der Waals surface area contributed by atoms with Gasteiger partial charge in [0, 0.05) is 26.3 Å². The lowest BCUT2D eigenvalue weighted by molar-refractivity contribution is -0.119. The number of carbonyl (C=O) groups excluding carboxylic acids is 1. The highest BCUT2D eigenvalue weighted by Gasteiger charge is 2.18. The van der Waals surface area contributed by atoms with Crippen molar-refractivity contribution >= 4 is 34.3 Å². The number of nitrogens with zero attached hydrogens (tertiary/aromatic N) is 4. The maximum atomic E-state index is 13.1. The van der Waals surface area contributed by atoms with Crippen LogP contribution in [0.25, 0.3) is 16.7 Å². The first-order valence-corrected chi connectivity index (χ1v) is 12.4. The fourth-order valence-corrected chi connectivity index (χ4v) is 4.69. The lowest BCUT2D eigenvalue weighted by Gasteiger charge is -2.14. The molecule has 1 N–H and O–H groups in total. The summed E-state index contributed by atoms with van der Waals surface area (Å²) in [6.07, 6.45) is 2.46. The minimum absolute atomic E-state index is 0.0555. The number of aromatic nitrogens is 4. The number of ether oxygens (including phenoxy) is 1. The van der Waals surface area contributed by atoms with Crippen LogP contribution in [0.15, 0.2) is 64.5 Å². The summed E-state index contributed by atoms with van der Waals surface area (Å²) in [6, 6.07) is 17.7. The van der Waals surface area contributed by atoms with Crippen molar-refractivity contribution in [2.45, 2.75) is 43.9 Å². The van der Waals surface area contributed by atoms with E-state index >= 15 is 0 Å². The Bertz CT molecular complexity index is 1320. The van der Waals surface area contributed by atoms with E-state index < -0.39 is 0 Å². The van der Waals surface area contributed by atoms with Gasteiger partial charge in [0.2, 0.25) is 11.7 Å². The van der Waals surface area contributed by atoms with Gasteiger partial charge in [-0.25, -0.2) is 0 Å². The number of carbonyl (C=O) groups is 1. The average molecular weight is 480 g/mol. The molecule has 34 heavy (non-hydrogen) atoms. The molecule has 1 unspecified atom stereocenters. The molecule has 0 fully saturated rings. The molecule has 2 aromatic heterocycles. The largest absolute Gasteiger partial charge is 0.385 e. The van der Waals surface area contributed by atoms with Crippen LogP contribution >= 0.6 is 11.8 Å². The molecule has 9 heteroatoms. The van der Waals surface area contributed by atoms with Gasteiger partial charge in [-0.05, 0) is 43.9 Å². The maximum absolute atomic E-state index is 13.1. The van der Waals surface area contributed by atoms with Crippen LogP contribution in [-0.2, 0) is 22.5 Å². The van der Waals surface area contributed by atoms with E-state index in [1.165, 1.54) is 17.3 Å². The zero-order valence-electron chi connectivity index (χ0n) is 19.4. The summed E-state index contributed by atoms with van der Waals surface area (Å²) in [5.74, 6) is 0.632. The van der Waals surface area contributed by atoms with Crippen molar-refractivity contribution in [1.82, 2.24) is 24.5 Å². The normalized spacial score (nSPS) is 12.3. The Kier molecular flexibility index (Phi) is 7.97. The zero-order chi connectivity index (χ0) is 23.9. The van der Waals surface area contributed by atoms with Gasteiger partial charge in [-0.3, -0.25) is 18.6 Å². The zero-order valence-corrected chi connectivity index (χ0v) is 20.3. The Hall–Kier alpha value is -3.17. The molecule has 178 valence electrons. The van der Waals surface area contributed by atoms with Gasteiger partial charge in [0.1, 0.15) is 0 Å². The Morgan fingerprint density at radius 3 is 2.68 bits per heavy atom. The molecule has 2 heterocycles. The summed E-state index contributed by atoms with van der Waals surface area (Å²) < 4.78 is 8.63. The Labute approximate surface area is 202 Å². The van der Waals surface area contributed by atoms with Crippen LogP contribution in [-0.4, -0.2) is 50.6 Å². The summed E-state index contributed by atoms with van der Waals surface area (Å²) in [7, 11) is 1.64. The predicted octanol–water partition coefficient (Wildman–Crippen LogP) is 3.31. The van der Waals surface area contributed by atoms with Crippen molar-refractivity contribution in [2.24, 2.45) is 0 Å². The second-order valence-electron chi connectivity index (χ2n) is 8.22. The number of thioether (sulfide) groups is 1. The van der Waals surface area contributed by atoms with Gasteiger partial charge in [-0.15, -0.1) is 10.2 Å². The van der Waals surface area contributed by atoms with E-state index in [4.69, 9.17) is 4.74 Å². The van der Waals surface area contributed by atoms with Crippen LogP contribution < -0.4 is 10.9 Å². The molecule has 0 aliphatic rings. The van der Waals surface area contributed by atoms with Crippen LogP contribution in [0.5, 0.6) is 0 Å². The van der Waals surface area contributed by atoms with Gasteiger partial charge in [0.05, 0.1) is 16.7 Å². The van der Waals surface area contributed by atoms with Crippen LogP contribution in [0.4, 0.5) is 0 Å². The van der Waals surface area contributed by atoms with E-state index in [2.05, 4.69) is 27.6 Å². The van der Waals surface area contributed by atoms with E-state index in [9.17, 15) is 9.59 Å². The molecule has 1 amide bonds. The number of para-hydroxylation sites is 1. The monoisotopic (exact) mass is 479 g/mol. The molecular formula is C25H29N5O3S. The fourth-order valence-electron chi connectivity index (χ4n) is 3.94. The van der Waals surface area contributed by atoms with Gasteiger partial charge in [-0.2, -0.15) is 0 Å². The Morgan fingerprint density at radius 1 is 1.12 bits per heavy atom. The van der Waals surface area contributed by atoms with Gasteiger partial charge in [0.25, 0.3) is 5.56 Å². The molecule has 0 aliphatic carbocycles. The molecule has 0 saturated carbocycles. The summed E-state index contributed by atoms with van der Waals surface area (Å²) in [6.45, 7) is 3.04. The molecule has 8 nitrogen and oxygen atoms in total. The molecular weight excluding hydrogens is 450 g/mol. The van der Waals surface area contributed by atoms with E-state index in [0.29, 0.717) is 35.9 Å². The number of rotatable bonds is 11. The van der Waals surface area contributed by atoms with Crippen molar-refractivity contribution in [2.75, 3.05) is 19.5 Å². The number of fused-ring (bicyclic) bond motifs is 3. The van der Waals surface area contributed by atoms with E-state index in [0.717, 1.165) is 18.4 Å². The van der Waals surface area contributed by atoms with Crippen molar-refractivity contribution in [3.63, 3.8) is 0 Å². The Balaban J connectivity index is 1.48. The van der Waals surface area contributed by atoms with Gasteiger partial charge in [0.15, 0.2) is 5.16 Å². The fraction of sp³-hybridized carbons (Fsp3) is 0.360. The molecule has 0 aliphatic heterocycles. The SMILES string of the molecule is COCCCn1c(=O)c2ccccc2n2c(SCC(=O)NC(C)CCc3ccccc3)nnc12. The summed E-state index contributed by atoms with van der Waals surface area (Å²) in [5, 5.41) is 12.8. The Morgan fingerprint density at radius 2 is 1.88 bits per heavy atom. The van der Waals surface area contributed by atoms with Gasteiger partial charge in [-0.1, -0.05) is 54.2 Å². The molecule has 0 spiro atoms. The number of aryl methyl sites for hydroxylation is 2. The molecule has 0 bridgehead atoms. The predicted molar refractivity (Wildman–Crippen MR) is 134 cm³/mol. The highest BCUT2D eigenvalue weighted by molar-refractivity contribution is 7.99. The van der Waals surface area contributed by atoms with Gasteiger partial charge >= 0.3 is 0 Å². The smallest absolute Gasteiger partial charge is 0.262 e. The third-order valence-electron chi connectivity index (χ3n) is 5.66. The van der Waals surface area contributed by atoms with Crippen molar-refractivity contribution in [1.29, 1.82) is 0 Å². The highest BCUT2D eigenvalue weighted by atomic mass is 32.2. The first-order chi connectivity index (χ1) is 16.6. The van der Waals surface area contributed by atoms with Crippen molar-refractivity contribution in [3.05, 3.63) is 70.5 Å². The van der Waals surface area contributed by atoms with E-state index in [1.807, 2.05) is 47.7 Å². The van der Waals surface area contributed by atoms with E-state index in [-0.39, 0.29) is 23.3 Å². The number of hydrogen-bond donors (Lipinski definition) is 1. The van der Waals surface area contributed by atoms with Crippen molar-refractivity contribution in [3.8, 4) is 0 Å². The average Bonchev–Trinajstić information content (AvgIpc) is 3.28. The molecule has 2 aromatic carbocycles. The number of hydrogen-bond acceptors (Lipinski definition) is 6. The first kappa shape index (κ1) is 24.0. The van der Waals surface area contributed by atoms with Crippen LogP contribution in [0, 0.1) is 0 Å². The summed E-state index contributed by atoms with van der Waals surface area (Å²) in [4.78, 5) is 25.7. The van der Waals surface area contributed by atoms with Crippen LogP contribution in [0.1, 0.15) is 25.3 Å². The number of benzene rings is 2. The standard InChI is InChI=1S/C25H29N5O3S/c1-18(13-14-19-9-4-3-5-10-19)26-22(31)17-34-25-28-27-24-29(15-8-16-33-2)23(32)20-11-6-7-12-21(20)30(24)25/h3-7,9-12,18H,8,13-17H2,1-2H3,(H,26,31). The minimum Gasteiger partial charge on any atom is -0.385 e. The quantitative estimate of drug-likeness (QED) is 0.262. The van der Waals surface area contributed by atoms with Crippen molar-refractivity contribution < 1.29 is 9.53 Å². The topological polar surface area (TPSA) is 90.5 Å². The van der Waals surface area contributed by atoms with E-state index in [1.54, 1.807) is 17.7 Å². The summed E-state index contributed by atoms with van der Waals surface area (Å²) >= 11 is 1.32. The molecule has 0 saturated heterocycles. The minimum atomic E-state index is -0.104. The summed E-state index contributed by atoms with van der Waals surface area (Å²) in [5.41, 5.74) is 1.89. The van der Waals surface area contributed by atoms with Crippen LogP contribution in [0.2, 0.25) is 0 Å². The molecule has 4 rings (SSSR count). The number of amides is 1. The van der Waals surface area contributed by atoms with Gasteiger partial charge < -0.3 is 10.1 Å². The third kappa shape index (κ3) is 5.48. The maximum Gasteiger partial charge on any atom is 0.262 e. The molecule has 1 atom stereocenters. The second-order valence-corrected chi connectivity index (χ2v) is 9.16. The first-order valence-electron chi connectivity index (χ1n) is 11.4. The number of nitrogens with one attached hydrogen (secondary N) is 1. The molecule has 0 radical (unpaired) electrons. The molecule has 4 aromatic rings. The lowest BCUT2D eigenvalue weighted by Crippen LogP contribution is -2.34. The highest BCUT2D eigenvalue weighted by Crippen LogP contribution is 2.21. The third-order valence-corrected chi connectivity index (χ3v) is 6.59. The lowest BCUT2D eigenvalue weighted by atomic mass is 10.1. The van der Waals surface area contributed by atoms with Crippen LogP contribution in [0.3, 0.4) is 0 Å². The second kappa shape index (κ2) is 11.3. The number of methoxy groups -OCH3 is 1.